The average Bonchev–Trinajstić information content (AvgIpc) is 2.37. The largest absolute Gasteiger partial charge is 0.546 e. The Balaban J connectivity index is 3.19. The van der Waals surface area contributed by atoms with Crippen LogP contribution >= 0.6 is 0 Å². The summed E-state index contributed by atoms with van der Waals surface area (Å²) >= 11 is 0. The Morgan fingerprint density at radius 1 is 0.889 bits per heavy atom. The third-order valence-electron chi connectivity index (χ3n) is 2.22. The SMILES string of the molecule is CCOc1cc[si](OCC)c(OCC)c1OCC. The second-order valence-corrected chi connectivity index (χ2v) is 5.26. The molecule has 0 aromatic carbocycles. The lowest BCUT2D eigenvalue weighted by atomic mass is 10.4. The number of hydrogen-bond acceptors (Lipinski definition) is 4. The van der Waals surface area contributed by atoms with Crippen molar-refractivity contribution in [3.63, 3.8) is 0 Å². The summed E-state index contributed by atoms with van der Waals surface area (Å²) in [4.78, 5) is 0. The summed E-state index contributed by atoms with van der Waals surface area (Å²) in [7, 11) is -1.27. The first kappa shape index (κ1) is 14.8. The number of rotatable bonds is 8. The fourth-order valence-electron chi connectivity index (χ4n) is 1.63. The molecule has 1 heterocycles. The van der Waals surface area contributed by atoms with Crippen LogP contribution in [0.1, 0.15) is 27.7 Å². The van der Waals surface area contributed by atoms with E-state index >= 15 is 0 Å². The van der Waals surface area contributed by atoms with Crippen LogP contribution in [-0.4, -0.2) is 35.1 Å². The zero-order valence-corrected chi connectivity index (χ0v) is 12.6. The van der Waals surface area contributed by atoms with Crippen molar-refractivity contribution < 1.29 is 18.6 Å². The van der Waals surface area contributed by atoms with Crippen molar-refractivity contribution in [1.29, 1.82) is 0 Å². The molecular weight excluding hydrogens is 248 g/mol. The Kier molecular flexibility index (Phi) is 6.57. The van der Waals surface area contributed by atoms with Crippen LogP contribution in [-0.2, 0) is 0 Å². The van der Waals surface area contributed by atoms with Crippen molar-refractivity contribution in [3.05, 3.63) is 11.7 Å². The molecule has 0 aliphatic rings. The lowest BCUT2D eigenvalue weighted by molar-refractivity contribution is 0.261. The van der Waals surface area contributed by atoms with Crippen LogP contribution in [0.5, 0.6) is 16.9 Å². The second-order valence-electron chi connectivity index (χ2n) is 3.45. The van der Waals surface area contributed by atoms with Crippen molar-refractivity contribution in [2.24, 2.45) is 0 Å². The van der Waals surface area contributed by atoms with E-state index in [1.54, 1.807) is 0 Å². The van der Waals surface area contributed by atoms with Crippen LogP contribution in [0.4, 0.5) is 0 Å². The van der Waals surface area contributed by atoms with E-state index in [4.69, 9.17) is 18.6 Å². The molecule has 0 unspecified atom stereocenters. The number of ether oxygens (including phenoxy) is 3. The summed E-state index contributed by atoms with van der Waals surface area (Å²) in [6, 6.07) is 1.93. The van der Waals surface area contributed by atoms with Gasteiger partial charge in [-0.3, -0.25) is 0 Å². The molecule has 0 aliphatic heterocycles. The molecule has 0 atom stereocenters. The van der Waals surface area contributed by atoms with Gasteiger partial charge in [0.2, 0.25) is 5.75 Å². The van der Waals surface area contributed by atoms with Gasteiger partial charge in [-0.25, -0.2) is 0 Å². The second kappa shape index (κ2) is 7.97. The van der Waals surface area contributed by atoms with Gasteiger partial charge in [0, 0.05) is 0 Å². The van der Waals surface area contributed by atoms with Gasteiger partial charge in [0.1, 0.15) is 0 Å². The van der Waals surface area contributed by atoms with Gasteiger partial charge in [-0.15, -0.1) is 0 Å². The quantitative estimate of drug-likeness (QED) is 0.680. The molecule has 4 nitrogen and oxygen atoms in total. The topological polar surface area (TPSA) is 36.9 Å². The third kappa shape index (κ3) is 3.63. The molecule has 1 rings (SSSR count). The highest BCUT2D eigenvalue weighted by atomic mass is 28.3. The van der Waals surface area contributed by atoms with Gasteiger partial charge in [-0.05, 0) is 39.4 Å². The number of hydrogen-bond donors (Lipinski definition) is 0. The van der Waals surface area contributed by atoms with E-state index in [2.05, 4.69) is 0 Å². The molecule has 5 heteroatoms. The van der Waals surface area contributed by atoms with E-state index in [-0.39, 0.29) is 0 Å². The third-order valence-corrected chi connectivity index (χ3v) is 4.11. The molecule has 0 N–H and O–H groups in total. The summed E-state index contributed by atoms with van der Waals surface area (Å²) in [6.45, 7) is 10.3. The molecule has 18 heavy (non-hydrogen) atoms. The first-order valence-electron chi connectivity index (χ1n) is 6.46. The Bertz CT molecular complexity index is 333. The Morgan fingerprint density at radius 2 is 1.56 bits per heavy atom. The molecule has 0 radical (unpaired) electrons. The monoisotopic (exact) mass is 270 g/mol. The van der Waals surface area contributed by atoms with Gasteiger partial charge >= 0.3 is 8.64 Å². The van der Waals surface area contributed by atoms with Crippen LogP contribution in [0.25, 0.3) is 0 Å². The summed E-state index contributed by atoms with van der Waals surface area (Å²) in [5.41, 5.74) is 2.03. The summed E-state index contributed by atoms with van der Waals surface area (Å²) in [5, 5.41) is 0.803. The standard InChI is InChI=1S/C13H22O4Si/c1-5-14-11-9-10-18(17-8-4)13(16-7-3)12(11)15-6-2/h9-10H,5-8H2,1-4H3. The van der Waals surface area contributed by atoms with Gasteiger partial charge in [0.15, 0.2) is 11.1 Å². The Morgan fingerprint density at radius 3 is 2.11 bits per heavy atom. The molecule has 0 saturated carbocycles. The summed E-state index contributed by atoms with van der Waals surface area (Å²) in [5.74, 6) is 1.43. The van der Waals surface area contributed by atoms with Gasteiger partial charge in [-0.2, -0.15) is 0 Å². The zero-order valence-electron chi connectivity index (χ0n) is 11.6. The van der Waals surface area contributed by atoms with Crippen molar-refractivity contribution in [2.75, 3.05) is 26.4 Å². The first-order valence-corrected chi connectivity index (χ1v) is 7.95. The minimum atomic E-state index is -1.27. The highest BCUT2D eigenvalue weighted by Gasteiger charge is 2.19. The van der Waals surface area contributed by atoms with Crippen LogP contribution in [0.3, 0.4) is 0 Å². The molecule has 0 bridgehead atoms. The highest BCUT2D eigenvalue weighted by Crippen LogP contribution is 2.36. The van der Waals surface area contributed by atoms with Gasteiger partial charge in [0.05, 0.1) is 26.4 Å². The Labute approximate surface area is 110 Å². The molecule has 1 aromatic heterocycles. The molecule has 0 aliphatic carbocycles. The summed E-state index contributed by atoms with van der Waals surface area (Å²) in [6.07, 6.45) is 0. The van der Waals surface area contributed by atoms with Crippen LogP contribution in [0, 0.1) is 0 Å². The molecule has 1 aromatic rings. The molecule has 0 spiro atoms. The lowest BCUT2D eigenvalue weighted by Crippen LogP contribution is -2.17. The van der Waals surface area contributed by atoms with E-state index in [1.807, 2.05) is 39.4 Å². The smallest absolute Gasteiger partial charge is 0.313 e. The van der Waals surface area contributed by atoms with Crippen molar-refractivity contribution >= 4 is 8.64 Å². The molecule has 102 valence electrons. The predicted octanol–water partition coefficient (Wildman–Crippen LogP) is 2.36. The van der Waals surface area contributed by atoms with Crippen molar-refractivity contribution in [2.45, 2.75) is 27.7 Å². The minimum absolute atomic E-state index is 0.581. The van der Waals surface area contributed by atoms with E-state index in [0.717, 1.165) is 11.1 Å². The van der Waals surface area contributed by atoms with Gasteiger partial charge < -0.3 is 18.6 Å². The van der Waals surface area contributed by atoms with E-state index < -0.39 is 8.64 Å². The van der Waals surface area contributed by atoms with Crippen LogP contribution < -0.4 is 18.6 Å². The molecular formula is C13H22O4Si. The fourth-order valence-corrected chi connectivity index (χ4v) is 3.33. The highest BCUT2D eigenvalue weighted by molar-refractivity contribution is 6.50. The zero-order chi connectivity index (χ0) is 13.4. The maximum Gasteiger partial charge on any atom is 0.313 e. The minimum Gasteiger partial charge on any atom is -0.546 e. The van der Waals surface area contributed by atoms with E-state index in [1.165, 1.54) is 0 Å². The predicted molar refractivity (Wildman–Crippen MR) is 73.0 cm³/mol. The first-order chi connectivity index (χ1) is 8.78. The molecule has 0 saturated heterocycles. The summed E-state index contributed by atoms with van der Waals surface area (Å²) < 4.78 is 22.7. The van der Waals surface area contributed by atoms with Crippen LogP contribution in [0.2, 0.25) is 0 Å². The van der Waals surface area contributed by atoms with Crippen molar-refractivity contribution in [3.8, 4) is 16.9 Å². The van der Waals surface area contributed by atoms with Gasteiger partial charge in [-0.1, -0.05) is 0 Å². The van der Waals surface area contributed by atoms with E-state index in [9.17, 15) is 0 Å². The van der Waals surface area contributed by atoms with E-state index in [0.29, 0.717) is 32.2 Å². The normalized spacial score (nSPS) is 10.0. The molecule has 0 fully saturated rings. The average molecular weight is 270 g/mol. The van der Waals surface area contributed by atoms with Crippen molar-refractivity contribution in [1.82, 2.24) is 0 Å². The lowest BCUT2D eigenvalue weighted by Gasteiger charge is -2.17. The maximum absolute atomic E-state index is 5.73. The molecule has 0 amide bonds. The fraction of sp³-hybridized carbons (Fsp3) is 0.615. The maximum atomic E-state index is 5.73. The Hall–Kier alpha value is -1.23. The van der Waals surface area contributed by atoms with Crippen LogP contribution in [0.15, 0.2) is 11.7 Å². The van der Waals surface area contributed by atoms with Gasteiger partial charge in [0.25, 0.3) is 0 Å².